The summed E-state index contributed by atoms with van der Waals surface area (Å²) in [6, 6.07) is 20.7. The fourth-order valence-corrected chi connectivity index (χ4v) is 6.22. The van der Waals surface area contributed by atoms with E-state index >= 15 is 0 Å². The summed E-state index contributed by atoms with van der Waals surface area (Å²) in [5.41, 5.74) is 3.45. The van der Waals surface area contributed by atoms with Gasteiger partial charge < -0.3 is 25.0 Å². The molecule has 0 spiro atoms. The lowest BCUT2D eigenvalue weighted by Gasteiger charge is -2.30. The van der Waals surface area contributed by atoms with Gasteiger partial charge in [0.05, 0.1) is 26.4 Å². The molecular weight excluding hydrogens is 545 g/mol. The van der Waals surface area contributed by atoms with E-state index in [-0.39, 0.29) is 23.7 Å². The molecule has 0 radical (unpaired) electrons. The highest BCUT2D eigenvalue weighted by atomic mass is 19.1. The van der Waals surface area contributed by atoms with Gasteiger partial charge in [-0.3, -0.25) is 9.59 Å². The lowest BCUT2D eigenvalue weighted by molar-refractivity contribution is -0.124. The molecule has 228 valence electrons. The van der Waals surface area contributed by atoms with E-state index in [9.17, 15) is 14.0 Å². The normalized spacial score (nSPS) is 16.3. The van der Waals surface area contributed by atoms with Crippen LogP contribution in [-0.4, -0.2) is 50.7 Å². The van der Waals surface area contributed by atoms with Crippen molar-refractivity contribution in [1.82, 2.24) is 10.6 Å². The molecule has 8 heteroatoms. The number of nitrogens with zero attached hydrogens (tertiary/aromatic N) is 1. The summed E-state index contributed by atoms with van der Waals surface area (Å²) in [6.07, 6.45) is 6.96. The molecular formula is C35H42FN3O4. The number of carbonyl (C=O) groups excluding carboxylic acids is 2. The number of methoxy groups -OCH3 is 1. The Balaban J connectivity index is 1.31. The van der Waals surface area contributed by atoms with Crippen molar-refractivity contribution in [2.24, 2.45) is 5.92 Å². The van der Waals surface area contributed by atoms with Crippen LogP contribution in [0.4, 0.5) is 10.1 Å². The molecule has 1 aliphatic carbocycles. The Morgan fingerprint density at radius 1 is 0.977 bits per heavy atom. The predicted molar refractivity (Wildman–Crippen MR) is 166 cm³/mol. The highest BCUT2D eigenvalue weighted by Crippen LogP contribution is 2.29. The first-order valence-corrected chi connectivity index (χ1v) is 15.4. The van der Waals surface area contributed by atoms with Crippen LogP contribution in [0.1, 0.15) is 60.0 Å². The summed E-state index contributed by atoms with van der Waals surface area (Å²) >= 11 is 0. The average molecular weight is 588 g/mol. The molecule has 3 aromatic carbocycles. The van der Waals surface area contributed by atoms with E-state index in [4.69, 9.17) is 9.47 Å². The number of ether oxygens (including phenoxy) is 2. The number of amides is 2. The molecule has 0 saturated heterocycles. The summed E-state index contributed by atoms with van der Waals surface area (Å²) < 4.78 is 25.3. The van der Waals surface area contributed by atoms with Gasteiger partial charge >= 0.3 is 0 Å². The zero-order valence-electron chi connectivity index (χ0n) is 24.9. The van der Waals surface area contributed by atoms with E-state index < -0.39 is 6.04 Å². The highest BCUT2D eigenvalue weighted by Gasteiger charge is 2.30. The number of anilines is 1. The summed E-state index contributed by atoms with van der Waals surface area (Å²) in [5.74, 6) is 0.204. The van der Waals surface area contributed by atoms with Gasteiger partial charge in [-0.15, -0.1) is 0 Å². The van der Waals surface area contributed by atoms with Gasteiger partial charge in [-0.25, -0.2) is 4.39 Å². The van der Waals surface area contributed by atoms with Crippen LogP contribution < -0.4 is 20.3 Å². The van der Waals surface area contributed by atoms with Gasteiger partial charge in [0.1, 0.15) is 17.6 Å². The van der Waals surface area contributed by atoms with Crippen LogP contribution in [0.25, 0.3) is 0 Å². The van der Waals surface area contributed by atoms with Crippen LogP contribution in [0, 0.1) is 11.7 Å². The molecule has 1 heterocycles. The van der Waals surface area contributed by atoms with Crippen molar-refractivity contribution in [1.29, 1.82) is 0 Å². The molecule has 2 amide bonds. The molecule has 1 fully saturated rings. The standard InChI is InChI=1S/C35H42FN3O4/c1-42-31-14-8-13-28(21-31)34(40)38-32(19-25-9-4-2-5-10-25)35(41)37-30(24-43-23-26-11-6-3-7-12-26)22-39-18-17-27-20-29(36)15-16-33(27)39/h3,6-8,11-16,20-21,25,30,32H,2,4-5,9-10,17-19,22-24H2,1H3,(H,37,41)(H,38,40)/t30-,32+/m1/s1. The second kappa shape index (κ2) is 15.0. The van der Waals surface area contributed by atoms with Gasteiger partial charge in [0.2, 0.25) is 5.91 Å². The fraction of sp³-hybridized carbons (Fsp3) is 0.429. The van der Waals surface area contributed by atoms with Crippen molar-refractivity contribution < 1.29 is 23.5 Å². The minimum absolute atomic E-state index is 0.214. The van der Waals surface area contributed by atoms with Crippen molar-refractivity contribution in [2.45, 2.75) is 63.6 Å². The van der Waals surface area contributed by atoms with Gasteiger partial charge in [0.25, 0.3) is 5.91 Å². The van der Waals surface area contributed by atoms with Crippen LogP contribution in [0.5, 0.6) is 5.75 Å². The van der Waals surface area contributed by atoms with Gasteiger partial charge in [0, 0.05) is 24.3 Å². The van der Waals surface area contributed by atoms with Crippen LogP contribution in [-0.2, 0) is 22.6 Å². The second-order valence-corrected chi connectivity index (χ2v) is 11.7. The molecule has 5 rings (SSSR count). The Hall–Kier alpha value is -3.91. The van der Waals surface area contributed by atoms with E-state index in [1.54, 1.807) is 37.4 Å². The van der Waals surface area contributed by atoms with Crippen LogP contribution in [0.3, 0.4) is 0 Å². The maximum atomic E-state index is 13.9. The Bertz CT molecular complexity index is 1360. The van der Waals surface area contributed by atoms with E-state index in [1.165, 1.54) is 12.5 Å². The first kappa shape index (κ1) is 30.5. The molecule has 2 atom stereocenters. The number of rotatable bonds is 13. The molecule has 2 N–H and O–H groups in total. The minimum atomic E-state index is -0.682. The van der Waals surface area contributed by atoms with E-state index in [0.29, 0.717) is 43.4 Å². The topological polar surface area (TPSA) is 79.9 Å². The third-order valence-corrected chi connectivity index (χ3v) is 8.50. The quantitative estimate of drug-likeness (QED) is 0.270. The summed E-state index contributed by atoms with van der Waals surface area (Å²) in [5, 5.41) is 6.25. The number of hydrogen-bond donors (Lipinski definition) is 2. The van der Waals surface area contributed by atoms with Gasteiger partial charge in [-0.2, -0.15) is 0 Å². The summed E-state index contributed by atoms with van der Waals surface area (Å²) in [4.78, 5) is 29.4. The molecule has 1 saturated carbocycles. The van der Waals surface area contributed by atoms with E-state index in [2.05, 4.69) is 15.5 Å². The molecule has 43 heavy (non-hydrogen) atoms. The number of carbonyl (C=O) groups is 2. The number of fused-ring (bicyclic) bond motifs is 1. The van der Waals surface area contributed by atoms with Crippen molar-refractivity contribution in [3.63, 3.8) is 0 Å². The van der Waals surface area contributed by atoms with Crippen LogP contribution >= 0.6 is 0 Å². The Morgan fingerprint density at radius 2 is 1.79 bits per heavy atom. The Labute approximate surface area is 253 Å². The summed E-state index contributed by atoms with van der Waals surface area (Å²) in [7, 11) is 1.56. The molecule has 7 nitrogen and oxygen atoms in total. The van der Waals surface area contributed by atoms with Crippen LogP contribution in [0.2, 0.25) is 0 Å². The maximum absolute atomic E-state index is 13.9. The SMILES string of the molecule is COc1cccc(C(=O)N[C@@H](CC2CCCCC2)C(=O)N[C@@H](COCc2ccccc2)CN2CCc3cc(F)ccc32)c1. The highest BCUT2D eigenvalue weighted by molar-refractivity contribution is 5.97. The number of benzene rings is 3. The van der Waals surface area contributed by atoms with E-state index in [0.717, 1.165) is 55.5 Å². The number of nitrogens with one attached hydrogen (secondary N) is 2. The van der Waals surface area contributed by atoms with Gasteiger partial charge in [-0.05, 0) is 66.3 Å². The fourth-order valence-electron chi connectivity index (χ4n) is 6.22. The maximum Gasteiger partial charge on any atom is 0.252 e. The van der Waals surface area contributed by atoms with Gasteiger partial charge in [-0.1, -0.05) is 68.5 Å². The Kier molecular flexibility index (Phi) is 10.7. The second-order valence-electron chi connectivity index (χ2n) is 11.7. The summed E-state index contributed by atoms with van der Waals surface area (Å²) in [6.45, 7) is 1.97. The van der Waals surface area contributed by atoms with Crippen molar-refractivity contribution >= 4 is 17.5 Å². The lowest BCUT2D eigenvalue weighted by Crippen LogP contribution is -2.54. The smallest absolute Gasteiger partial charge is 0.252 e. The molecule has 2 aliphatic rings. The third-order valence-electron chi connectivity index (χ3n) is 8.50. The third kappa shape index (κ3) is 8.57. The largest absolute Gasteiger partial charge is 0.497 e. The average Bonchev–Trinajstić information content (AvgIpc) is 3.42. The van der Waals surface area contributed by atoms with Crippen molar-refractivity contribution in [3.05, 3.63) is 95.3 Å². The molecule has 0 bridgehead atoms. The Morgan fingerprint density at radius 3 is 2.58 bits per heavy atom. The molecule has 3 aromatic rings. The zero-order chi connectivity index (χ0) is 30.0. The lowest BCUT2D eigenvalue weighted by atomic mass is 9.84. The zero-order valence-corrected chi connectivity index (χ0v) is 24.9. The predicted octanol–water partition coefficient (Wildman–Crippen LogP) is 5.67. The molecule has 0 aromatic heterocycles. The van der Waals surface area contributed by atoms with E-state index in [1.807, 2.05) is 36.4 Å². The minimum Gasteiger partial charge on any atom is -0.497 e. The number of hydrogen-bond acceptors (Lipinski definition) is 5. The van der Waals surface area contributed by atoms with Crippen molar-refractivity contribution in [3.8, 4) is 5.75 Å². The monoisotopic (exact) mass is 587 g/mol. The first-order chi connectivity index (χ1) is 21.0. The first-order valence-electron chi connectivity index (χ1n) is 15.4. The molecule has 1 aliphatic heterocycles. The molecule has 0 unspecified atom stereocenters. The van der Waals surface area contributed by atoms with Crippen LogP contribution in [0.15, 0.2) is 72.8 Å². The van der Waals surface area contributed by atoms with Gasteiger partial charge in [0.15, 0.2) is 0 Å². The number of halogens is 1. The van der Waals surface area contributed by atoms with Crippen molar-refractivity contribution in [2.75, 3.05) is 31.7 Å².